The highest BCUT2D eigenvalue weighted by Gasteiger charge is 2.00. The van der Waals surface area contributed by atoms with Crippen LogP contribution in [0.4, 0.5) is 5.69 Å². The molecular formula is C25H29NO2. The predicted molar refractivity (Wildman–Crippen MR) is 116 cm³/mol. The summed E-state index contributed by atoms with van der Waals surface area (Å²) in [4.78, 5) is 0. The van der Waals surface area contributed by atoms with E-state index in [4.69, 9.17) is 9.47 Å². The van der Waals surface area contributed by atoms with Gasteiger partial charge in [0, 0.05) is 18.3 Å². The Bertz CT molecular complexity index is 815. The molecule has 28 heavy (non-hydrogen) atoms. The molecule has 0 radical (unpaired) electrons. The molecular weight excluding hydrogens is 346 g/mol. The van der Waals surface area contributed by atoms with Gasteiger partial charge >= 0.3 is 0 Å². The maximum absolute atomic E-state index is 5.92. The molecule has 0 bridgehead atoms. The lowest BCUT2D eigenvalue weighted by Crippen LogP contribution is -2.02. The van der Waals surface area contributed by atoms with Crippen LogP contribution in [0, 0.1) is 0 Å². The first-order chi connectivity index (χ1) is 13.8. The fraction of sp³-hybridized carbons (Fsp3) is 0.280. The Morgan fingerprint density at radius 2 is 1.50 bits per heavy atom. The molecule has 0 amide bonds. The van der Waals surface area contributed by atoms with E-state index in [1.54, 1.807) is 0 Å². The molecule has 0 unspecified atom stereocenters. The van der Waals surface area contributed by atoms with Gasteiger partial charge in [-0.2, -0.15) is 0 Å². The summed E-state index contributed by atoms with van der Waals surface area (Å²) in [5, 5.41) is 3.46. The molecule has 3 aromatic carbocycles. The Morgan fingerprint density at radius 1 is 0.714 bits per heavy atom. The van der Waals surface area contributed by atoms with Gasteiger partial charge in [-0.05, 0) is 54.7 Å². The number of rotatable bonds is 11. The smallest absolute Gasteiger partial charge is 0.121 e. The van der Waals surface area contributed by atoms with E-state index in [0.29, 0.717) is 0 Å². The molecule has 0 saturated heterocycles. The average molecular weight is 376 g/mol. The standard InChI is InChI=1S/C25H29NO2/c1-2-17-27-24-15-13-22(14-16-24)20-26-23-11-6-12-25(19-23)28-18-7-10-21-8-4-3-5-9-21/h3-6,8-9,11-16,19,26H,2,7,10,17-18,20H2,1H3. The van der Waals surface area contributed by atoms with Crippen molar-refractivity contribution in [3.63, 3.8) is 0 Å². The monoisotopic (exact) mass is 375 g/mol. The minimum atomic E-state index is 0.720. The number of aryl methyl sites for hydroxylation is 1. The molecule has 0 atom stereocenters. The molecule has 3 aromatic rings. The van der Waals surface area contributed by atoms with Crippen molar-refractivity contribution < 1.29 is 9.47 Å². The summed E-state index contributed by atoms with van der Waals surface area (Å²) in [6.45, 7) is 4.36. The van der Waals surface area contributed by atoms with Crippen LogP contribution in [0.5, 0.6) is 11.5 Å². The van der Waals surface area contributed by atoms with E-state index in [2.05, 4.69) is 60.8 Å². The van der Waals surface area contributed by atoms with Crippen molar-refractivity contribution in [3.8, 4) is 11.5 Å². The van der Waals surface area contributed by atoms with Gasteiger partial charge in [-0.3, -0.25) is 0 Å². The van der Waals surface area contributed by atoms with Crippen LogP contribution in [0.1, 0.15) is 30.9 Å². The Morgan fingerprint density at radius 3 is 2.29 bits per heavy atom. The second kappa shape index (κ2) is 11.0. The summed E-state index contributed by atoms with van der Waals surface area (Å²) in [6.07, 6.45) is 3.07. The summed E-state index contributed by atoms with van der Waals surface area (Å²) in [5.41, 5.74) is 3.64. The highest BCUT2D eigenvalue weighted by molar-refractivity contribution is 5.48. The molecule has 0 spiro atoms. The average Bonchev–Trinajstić information content (AvgIpc) is 2.76. The van der Waals surface area contributed by atoms with E-state index >= 15 is 0 Å². The van der Waals surface area contributed by atoms with Crippen LogP contribution in [0.3, 0.4) is 0 Å². The van der Waals surface area contributed by atoms with Gasteiger partial charge in [-0.15, -0.1) is 0 Å². The molecule has 0 aliphatic carbocycles. The van der Waals surface area contributed by atoms with Crippen molar-refractivity contribution >= 4 is 5.69 Å². The van der Waals surface area contributed by atoms with Crippen LogP contribution < -0.4 is 14.8 Å². The van der Waals surface area contributed by atoms with Gasteiger partial charge in [-0.1, -0.05) is 55.5 Å². The molecule has 3 heteroatoms. The van der Waals surface area contributed by atoms with Crippen molar-refractivity contribution in [2.45, 2.75) is 32.7 Å². The molecule has 3 nitrogen and oxygen atoms in total. The van der Waals surface area contributed by atoms with Crippen LogP contribution >= 0.6 is 0 Å². The minimum Gasteiger partial charge on any atom is -0.494 e. The third-order valence-corrected chi connectivity index (χ3v) is 4.45. The van der Waals surface area contributed by atoms with Crippen molar-refractivity contribution in [1.29, 1.82) is 0 Å². The Labute approximate surface area is 168 Å². The first kappa shape index (κ1) is 19.8. The van der Waals surface area contributed by atoms with Gasteiger partial charge < -0.3 is 14.8 Å². The van der Waals surface area contributed by atoms with Crippen molar-refractivity contribution in [2.24, 2.45) is 0 Å². The summed E-state index contributed by atoms with van der Waals surface area (Å²) in [7, 11) is 0. The minimum absolute atomic E-state index is 0.720. The van der Waals surface area contributed by atoms with Gasteiger partial charge in [0.15, 0.2) is 0 Å². The number of hydrogen-bond donors (Lipinski definition) is 1. The van der Waals surface area contributed by atoms with Crippen molar-refractivity contribution in [2.75, 3.05) is 18.5 Å². The second-order valence-electron chi connectivity index (χ2n) is 6.81. The fourth-order valence-electron chi connectivity index (χ4n) is 2.93. The zero-order chi connectivity index (χ0) is 19.4. The number of nitrogens with one attached hydrogen (secondary N) is 1. The molecule has 146 valence electrons. The van der Waals surface area contributed by atoms with Gasteiger partial charge in [0.1, 0.15) is 11.5 Å². The fourth-order valence-corrected chi connectivity index (χ4v) is 2.93. The first-order valence-electron chi connectivity index (χ1n) is 10.1. The molecule has 0 aromatic heterocycles. The molecule has 0 fully saturated rings. The van der Waals surface area contributed by atoms with Gasteiger partial charge in [0.2, 0.25) is 0 Å². The Hall–Kier alpha value is -2.94. The Kier molecular flexibility index (Phi) is 7.80. The normalized spacial score (nSPS) is 10.5. The zero-order valence-electron chi connectivity index (χ0n) is 16.6. The maximum Gasteiger partial charge on any atom is 0.121 e. The topological polar surface area (TPSA) is 30.5 Å². The van der Waals surface area contributed by atoms with Crippen LogP contribution in [0.25, 0.3) is 0 Å². The molecule has 3 rings (SSSR count). The number of anilines is 1. The highest BCUT2D eigenvalue weighted by atomic mass is 16.5. The largest absolute Gasteiger partial charge is 0.494 e. The lowest BCUT2D eigenvalue weighted by Gasteiger charge is -2.11. The van der Waals surface area contributed by atoms with Crippen molar-refractivity contribution in [3.05, 3.63) is 90.0 Å². The summed E-state index contributed by atoms with van der Waals surface area (Å²) < 4.78 is 11.5. The molecule has 0 aliphatic rings. The third kappa shape index (κ3) is 6.66. The van der Waals surface area contributed by atoms with Crippen LogP contribution in [0.2, 0.25) is 0 Å². The van der Waals surface area contributed by atoms with E-state index in [0.717, 1.165) is 56.2 Å². The molecule has 1 N–H and O–H groups in total. The van der Waals surface area contributed by atoms with E-state index in [1.165, 1.54) is 11.1 Å². The first-order valence-corrected chi connectivity index (χ1v) is 10.1. The molecule has 0 heterocycles. The Balaban J connectivity index is 1.42. The number of ether oxygens (including phenoxy) is 2. The lowest BCUT2D eigenvalue weighted by atomic mass is 10.1. The quantitative estimate of drug-likeness (QED) is 0.411. The number of benzene rings is 3. The third-order valence-electron chi connectivity index (χ3n) is 4.45. The SMILES string of the molecule is CCCOc1ccc(CNc2cccc(OCCCc3ccccc3)c2)cc1. The van der Waals surface area contributed by atoms with Gasteiger partial charge in [0.05, 0.1) is 13.2 Å². The highest BCUT2D eigenvalue weighted by Crippen LogP contribution is 2.19. The van der Waals surface area contributed by atoms with Gasteiger partial charge in [-0.25, -0.2) is 0 Å². The lowest BCUT2D eigenvalue weighted by molar-refractivity contribution is 0.311. The van der Waals surface area contributed by atoms with Crippen LogP contribution in [-0.4, -0.2) is 13.2 Å². The summed E-state index contributed by atoms with van der Waals surface area (Å²) >= 11 is 0. The second-order valence-corrected chi connectivity index (χ2v) is 6.81. The van der Waals surface area contributed by atoms with E-state index in [9.17, 15) is 0 Å². The molecule has 0 aliphatic heterocycles. The predicted octanol–water partition coefficient (Wildman–Crippen LogP) is 6.10. The van der Waals surface area contributed by atoms with Crippen LogP contribution in [-0.2, 0) is 13.0 Å². The molecule has 0 saturated carbocycles. The van der Waals surface area contributed by atoms with E-state index in [1.807, 2.05) is 30.3 Å². The number of hydrogen-bond acceptors (Lipinski definition) is 3. The van der Waals surface area contributed by atoms with E-state index in [-0.39, 0.29) is 0 Å². The van der Waals surface area contributed by atoms with Crippen molar-refractivity contribution in [1.82, 2.24) is 0 Å². The maximum atomic E-state index is 5.92. The van der Waals surface area contributed by atoms with E-state index < -0.39 is 0 Å². The zero-order valence-corrected chi connectivity index (χ0v) is 16.6. The summed E-state index contributed by atoms with van der Waals surface area (Å²) in [5.74, 6) is 1.83. The van der Waals surface area contributed by atoms with Gasteiger partial charge in [0.25, 0.3) is 0 Å². The summed E-state index contributed by atoms with van der Waals surface area (Å²) in [6, 6.07) is 26.9. The van der Waals surface area contributed by atoms with Crippen LogP contribution in [0.15, 0.2) is 78.9 Å².